The average Bonchev–Trinajstić information content (AvgIpc) is 2.69. The quantitative estimate of drug-likeness (QED) is 0.778. The second-order valence-electron chi connectivity index (χ2n) is 4.67. The molecule has 0 saturated carbocycles. The van der Waals surface area contributed by atoms with Crippen molar-refractivity contribution in [3.63, 3.8) is 0 Å². The van der Waals surface area contributed by atoms with Crippen molar-refractivity contribution in [2.75, 3.05) is 20.1 Å². The van der Waals surface area contributed by atoms with Gasteiger partial charge in [-0.25, -0.2) is 4.98 Å². The fraction of sp³-hybridized carbons (Fsp3) is 0.500. The van der Waals surface area contributed by atoms with Crippen LogP contribution >= 0.6 is 11.6 Å². The van der Waals surface area contributed by atoms with Gasteiger partial charge in [-0.3, -0.25) is 9.38 Å². The molecule has 1 saturated heterocycles. The first-order valence-corrected chi connectivity index (χ1v) is 6.29. The smallest absolute Gasteiger partial charge is 0.156 e. The van der Waals surface area contributed by atoms with E-state index in [1.165, 1.54) is 0 Å². The summed E-state index contributed by atoms with van der Waals surface area (Å²) in [7, 11) is 2.16. The summed E-state index contributed by atoms with van der Waals surface area (Å²) in [6.45, 7) is 2.25. The number of hydrogen-bond donors (Lipinski definition) is 0. The molecule has 0 N–H and O–H groups in total. The molecule has 2 aromatic heterocycles. The maximum Gasteiger partial charge on any atom is 0.156 e. The second-order valence-corrected chi connectivity index (χ2v) is 5.03. The van der Waals surface area contributed by atoms with Crippen molar-refractivity contribution in [2.45, 2.75) is 18.8 Å². The molecule has 0 atom stereocenters. The number of hydrogen-bond acceptors (Lipinski definition) is 3. The lowest BCUT2D eigenvalue weighted by molar-refractivity contribution is 0.251. The zero-order chi connectivity index (χ0) is 11.8. The Morgan fingerprint density at radius 1 is 1.35 bits per heavy atom. The van der Waals surface area contributed by atoms with Crippen molar-refractivity contribution in [3.05, 3.63) is 29.6 Å². The lowest BCUT2D eigenvalue weighted by atomic mass is 9.96. The molecule has 1 aliphatic heterocycles. The molecule has 3 heterocycles. The predicted octanol–water partition coefficient (Wildman–Crippen LogP) is 2.19. The van der Waals surface area contributed by atoms with E-state index in [0.717, 1.165) is 37.3 Å². The van der Waals surface area contributed by atoms with Gasteiger partial charge in [-0.2, -0.15) is 0 Å². The second kappa shape index (κ2) is 4.27. The van der Waals surface area contributed by atoms with E-state index in [-0.39, 0.29) is 0 Å². The first kappa shape index (κ1) is 11.0. The maximum atomic E-state index is 6.14. The third-order valence-corrected chi connectivity index (χ3v) is 3.79. The summed E-state index contributed by atoms with van der Waals surface area (Å²) >= 11 is 6.14. The molecule has 0 amide bonds. The summed E-state index contributed by atoms with van der Waals surface area (Å²) in [5.74, 6) is 1.59. The Kier molecular flexibility index (Phi) is 2.76. The van der Waals surface area contributed by atoms with Crippen LogP contribution in [0.15, 0.2) is 18.6 Å². The number of imidazole rings is 1. The highest BCUT2D eigenvalue weighted by atomic mass is 35.5. The molecule has 3 rings (SSSR count). The van der Waals surface area contributed by atoms with Crippen LogP contribution in [0.5, 0.6) is 0 Å². The van der Waals surface area contributed by atoms with Crippen LogP contribution in [0.3, 0.4) is 0 Å². The molecule has 90 valence electrons. The Balaban J connectivity index is 2.00. The summed E-state index contributed by atoms with van der Waals surface area (Å²) in [5, 5.41) is 0.562. The van der Waals surface area contributed by atoms with Crippen LogP contribution in [0.2, 0.25) is 5.15 Å². The molecule has 4 nitrogen and oxygen atoms in total. The van der Waals surface area contributed by atoms with Crippen molar-refractivity contribution in [3.8, 4) is 0 Å². The summed E-state index contributed by atoms with van der Waals surface area (Å²) in [4.78, 5) is 11.0. The molecule has 5 heteroatoms. The van der Waals surface area contributed by atoms with E-state index in [0.29, 0.717) is 11.1 Å². The minimum absolute atomic E-state index is 0.508. The molecule has 2 aromatic rings. The van der Waals surface area contributed by atoms with E-state index >= 15 is 0 Å². The summed E-state index contributed by atoms with van der Waals surface area (Å²) < 4.78 is 2.07. The third kappa shape index (κ3) is 1.91. The molecular weight excluding hydrogens is 236 g/mol. The van der Waals surface area contributed by atoms with E-state index in [4.69, 9.17) is 11.6 Å². The Labute approximate surface area is 105 Å². The topological polar surface area (TPSA) is 33.4 Å². The monoisotopic (exact) mass is 250 g/mol. The Bertz CT molecular complexity index is 528. The van der Waals surface area contributed by atoms with Gasteiger partial charge in [-0.05, 0) is 33.0 Å². The van der Waals surface area contributed by atoms with Gasteiger partial charge in [0.1, 0.15) is 11.3 Å². The van der Waals surface area contributed by atoms with Crippen molar-refractivity contribution in [1.29, 1.82) is 0 Å². The van der Waals surface area contributed by atoms with E-state index in [9.17, 15) is 0 Å². The molecule has 1 fully saturated rings. The van der Waals surface area contributed by atoms with E-state index in [2.05, 4.69) is 26.3 Å². The van der Waals surface area contributed by atoms with Gasteiger partial charge < -0.3 is 4.90 Å². The molecule has 0 bridgehead atoms. The van der Waals surface area contributed by atoms with Gasteiger partial charge >= 0.3 is 0 Å². The number of piperidine rings is 1. The fourth-order valence-electron chi connectivity index (χ4n) is 2.48. The Morgan fingerprint density at radius 2 is 2.12 bits per heavy atom. The van der Waals surface area contributed by atoms with Gasteiger partial charge in [0.05, 0.1) is 6.20 Å². The van der Waals surface area contributed by atoms with Crippen molar-refractivity contribution in [1.82, 2.24) is 19.3 Å². The van der Waals surface area contributed by atoms with Gasteiger partial charge in [0.15, 0.2) is 5.15 Å². The standard InChI is InChI=1S/C12H15ClN4/c1-16-5-2-9(3-6-16)12-15-11(13)10-8-14-4-7-17(10)12/h4,7-9H,2-3,5-6H2,1H3. The van der Waals surface area contributed by atoms with E-state index in [1.54, 1.807) is 12.4 Å². The summed E-state index contributed by atoms with van der Waals surface area (Å²) in [6.07, 6.45) is 7.79. The molecule has 17 heavy (non-hydrogen) atoms. The van der Waals surface area contributed by atoms with Crippen molar-refractivity contribution in [2.24, 2.45) is 0 Å². The number of rotatable bonds is 1. The highest BCUT2D eigenvalue weighted by Crippen LogP contribution is 2.29. The predicted molar refractivity (Wildman–Crippen MR) is 67.5 cm³/mol. The van der Waals surface area contributed by atoms with Crippen LogP contribution in [0.4, 0.5) is 0 Å². The highest BCUT2D eigenvalue weighted by molar-refractivity contribution is 6.32. The zero-order valence-electron chi connectivity index (χ0n) is 9.80. The Morgan fingerprint density at radius 3 is 2.88 bits per heavy atom. The molecule has 0 spiro atoms. The van der Waals surface area contributed by atoms with Crippen LogP contribution in [-0.2, 0) is 0 Å². The lowest BCUT2D eigenvalue weighted by Gasteiger charge is -2.28. The van der Waals surface area contributed by atoms with Gasteiger partial charge in [-0.1, -0.05) is 11.6 Å². The number of nitrogens with zero attached hydrogens (tertiary/aromatic N) is 4. The van der Waals surface area contributed by atoms with Crippen LogP contribution in [-0.4, -0.2) is 39.4 Å². The molecule has 0 aromatic carbocycles. The molecule has 0 radical (unpaired) electrons. The summed E-state index contributed by atoms with van der Waals surface area (Å²) in [5.41, 5.74) is 0.906. The molecule has 0 aliphatic carbocycles. The fourth-order valence-corrected chi connectivity index (χ4v) is 2.71. The van der Waals surface area contributed by atoms with E-state index in [1.807, 2.05) is 6.20 Å². The zero-order valence-corrected chi connectivity index (χ0v) is 10.6. The number of halogens is 1. The van der Waals surface area contributed by atoms with Gasteiger partial charge in [0.2, 0.25) is 0 Å². The summed E-state index contributed by atoms with van der Waals surface area (Å²) in [6, 6.07) is 0. The minimum atomic E-state index is 0.508. The number of aromatic nitrogens is 3. The largest absolute Gasteiger partial charge is 0.306 e. The normalized spacial score (nSPS) is 18.9. The van der Waals surface area contributed by atoms with Crippen LogP contribution in [0.25, 0.3) is 5.52 Å². The molecule has 1 aliphatic rings. The van der Waals surface area contributed by atoms with Crippen LogP contribution in [0, 0.1) is 0 Å². The van der Waals surface area contributed by atoms with Crippen LogP contribution < -0.4 is 0 Å². The Hall–Kier alpha value is -1.13. The van der Waals surface area contributed by atoms with Crippen molar-refractivity contribution >= 4 is 17.1 Å². The third-order valence-electron chi connectivity index (χ3n) is 3.51. The van der Waals surface area contributed by atoms with Gasteiger partial charge in [-0.15, -0.1) is 0 Å². The van der Waals surface area contributed by atoms with Gasteiger partial charge in [0, 0.05) is 18.3 Å². The van der Waals surface area contributed by atoms with Gasteiger partial charge in [0.25, 0.3) is 0 Å². The van der Waals surface area contributed by atoms with Crippen LogP contribution in [0.1, 0.15) is 24.6 Å². The maximum absolute atomic E-state index is 6.14. The lowest BCUT2D eigenvalue weighted by Crippen LogP contribution is -2.29. The first-order valence-electron chi connectivity index (χ1n) is 5.91. The van der Waals surface area contributed by atoms with Crippen molar-refractivity contribution < 1.29 is 0 Å². The molecular formula is C12H15ClN4. The average molecular weight is 251 g/mol. The first-order chi connectivity index (χ1) is 8.25. The highest BCUT2D eigenvalue weighted by Gasteiger charge is 2.23. The number of fused-ring (bicyclic) bond motifs is 1. The minimum Gasteiger partial charge on any atom is -0.306 e. The number of likely N-dealkylation sites (tertiary alicyclic amines) is 1. The van der Waals surface area contributed by atoms with E-state index < -0.39 is 0 Å². The molecule has 0 unspecified atom stereocenters. The SMILES string of the molecule is CN1CCC(c2nc(Cl)c3cnccn23)CC1.